The number of fused-ring (bicyclic) bond motifs is 1. The van der Waals surface area contributed by atoms with Crippen molar-refractivity contribution < 1.29 is 5.11 Å². The summed E-state index contributed by atoms with van der Waals surface area (Å²) < 4.78 is 0. The van der Waals surface area contributed by atoms with Crippen molar-refractivity contribution in [2.24, 2.45) is 0 Å². The first-order valence-corrected chi connectivity index (χ1v) is 4.56. The Morgan fingerprint density at radius 2 is 1.85 bits per heavy atom. The number of aliphatic hydroxyl groups is 1. The van der Waals surface area contributed by atoms with E-state index in [-0.39, 0.29) is 6.10 Å². The van der Waals surface area contributed by atoms with E-state index < -0.39 is 0 Å². The molecule has 68 valence electrons. The fourth-order valence-corrected chi connectivity index (χ4v) is 1.07. The third-order valence-corrected chi connectivity index (χ3v) is 2.01. The summed E-state index contributed by atoms with van der Waals surface area (Å²) >= 11 is 0. The predicted octanol–water partition coefficient (Wildman–Crippen LogP) is 2.31. The Labute approximate surface area is 77.2 Å². The summed E-state index contributed by atoms with van der Waals surface area (Å²) in [6, 6.07) is 10.3. The molecule has 0 saturated heterocycles. The van der Waals surface area contributed by atoms with Crippen LogP contribution in [0.5, 0.6) is 0 Å². The van der Waals surface area contributed by atoms with Gasteiger partial charge in [-0.25, -0.2) is 0 Å². The first kappa shape index (κ1) is 8.32. The molecule has 0 unspecified atom stereocenters. The number of aliphatic hydroxyl groups excluding tert-OH is 1. The van der Waals surface area contributed by atoms with Crippen LogP contribution in [0, 0.1) is 0 Å². The van der Waals surface area contributed by atoms with Crippen LogP contribution in [0.3, 0.4) is 0 Å². The number of aromatic nitrogens is 1. The van der Waals surface area contributed by atoms with E-state index in [1.54, 1.807) is 0 Å². The van der Waals surface area contributed by atoms with Gasteiger partial charge in [-0.3, -0.25) is 0 Å². The lowest BCUT2D eigenvalue weighted by molar-refractivity contribution is 0.279. The molecule has 2 heteroatoms. The zero-order valence-corrected chi connectivity index (χ0v) is 7.40. The number of nitrogens with one attached hydrogen (secondary N) is 1. The van der Waals surface area contributed by atoms with Crippen LogP contribution in [0.2, 0.25) is 0 Å². The Morgan fingerprint density at radius 3 is 2.46 bits per heavy atom. The molecule has 1 aliphatic rings. The van der Waals surface area contributed by atoms with E-state index in [1.165, 1.54) is 10.9 Å². The van der Waals surface area contributed by atoms with Gasteiger partial charge >= 0.3 is 0 Å². The normalized spacial score (nSPS) is 15.2. The summed E-state index contributed by atoms with van der Waals surface area (Å²) in [6.07, 6.45) is 4.12. The van der Waals surface area contributed by atoms with E-state index in [0.717, 1.165) is 12.8 Å². The van der Waals surface area contributed by atoms with Crippen molar-refractivity contribution in [1.82, 2.24) is 4.98 Å². The summed E-state index contributed by atoms with van der Waals surface area (Å²) in [5.74, 6) is 0. The number of rotatable bonds is 0. The van der Waals surface area contributed by atoms with Gasteiger partial charge in [-0.1, -0.05) is 18.2 Å². The molecule has 1 heterocycles. The number of H-pyrrole nitrogens is 1. The average Bonchev–Trinajstić information content (AvgIpc) is 2.82. The van der Waals surface area contributed by atoms with Gasteiger partial charge in [0.25, 0.3) is 0 Å². The minimum Gasteiger partial charge on any atom is -0.393 e. The van der Waals surface area contributed by atoms with Crippen molar-refractivity contribution in [2.45, 2.75) is 18.9 Å². The molecule has 2 aromatic rings. The molecule has 1 aromatic heterocycles. The smallest absolute Gasteiger partial charge is 0.0542 e. The van der Waals surface area contributed by atoms with Gasteiger partial charge in [0.2, 0.25) is 0 Å². The number of aromatic amines is 1. The Hall–Kier alpha value is -1.28. The lowest BCUT2D eigenvalue weighted by atomic mass is 10.3. The third kappa shape index (κ3) is 2.33. The zero-order valence-electron chi connectivity index (χ0n) is 7.40. The molecule has 13 heavy (non-hydrogen) atoms. The molecule has 1 saturated carbocycles. The second-order valence-corrected chi connectivity index (χ2v) is 3.30. The van der Waals surface area contributed by atoms with E-state index in [4.69, 9.17) is 5.11 Å². The molecule has 0 spiro atoms. The highest BCUT2D eigenvalue weighted by Crippen LogP contribution is 2.16. The SMILES string of the molecule is OC1CC1.c1ccc2[nH]ccc2c1. The number of hydrogen-bond acceptors (Lipinski definition) is 1. The average molecular weight is 175 g/mol. The molecule has 1 aliphatic carbocycles. The lowest BCUT2D eigenvalue weighted by Gasteiger charge is -1.83. The molecule has 1 fully saturated rings. The number of hydrogen-bond donors (Lipinski definition) is 2. The van der Waals surface area contributed by atoms with Crippen LogP contribution in [0.1, 0.15) is 12.8 Å². The van der Waals surface area contributed by atoms with E-state index >= 15 is 0 Å². The van der Waals surface area contributed by atoms with E-state index in [2.05, 4.69) is 23.2 Å². The molecule has 3 rings (SSSR count). The topological polar surface area (TPSA) is 36.0 Å². The zero-order chi connectivity index (χ0) is 9.10. The fourth-order valence-electron chi connectivity index (χ4n) is 1.07. The standard InChI is InChI=1S/C8H7N.C3H6O/c1-2-4-8-7(3-1)5-6-9-8;4-3-1-2-3/h1-6,9H;3-4H,1-2H2. The molecular formula is C11H13NO. The van der Waals surface area contributed by atoms with Crippen LogP contribution in [0.15, 0.2) is 36.5 Å². The Morgan fingerprint density at radius 1 is 1.15 bits per heavy atom. The van der Waals surface area contributed by atoms with E-state index in [1.807, 2.05) is 18.3 Å². The first-order valence-electron chi connectivity index (χ1n) is 4.56. The number of benzene rings is 1. The molecule has 0 amide bonds. The second kappa shape index (κ2) is 3.62. The lowest BCUT2D eigenvalue weighted by Crippen LogP contribution is -1.65. The molecule has 2 N–H and O–H groups in total. The van der Waals surface area contributed by atoms with Crippen LogP contribution in [0.4, 0.5) is 0 Å². The second-order valence-electron chi connectivity index (χ2n) is 3.30. The van der Waals surface area contributed by atoms with Gasteiger partial charge in [0.1, 0.15) is 0 Å². The molecule has 0 bridgehead atoms. The van der Waals surface area contributed by atoms with Crippen LogP contribution >= 0.6 is 0 Å². The molecule has 2 nitrogen and oxygen atoms in total. The summed E-state index contributed by atoms with van der Waals surface area (Å²) in [5.41, 5.74) is 1.21. The van der Waals surface area contributed by atoms with Gasteiger partial charge in [-0.05, 0) is 30.4 Å². The van der Waals surface area contributed by atoms with Gasteiger partial charge in [0.15, 0.2) is 0 Å². The summed E-state index contributed by atoms with van der Waals surface area (Å²) in [6.45, 7) is 0. The fraction of sp³-hybridized carbons (Fsp3) is 0.273. The monoisotopic (exact) mass is 175 g/mol. The highest BCUT2D eigenvalue weighted by molar-refractivity contribution is 5.78. The Bertz CT molecular complexity index is 346. The maximum Gasteiger partial charge on any atom is 0.0542 e. The molecule has 0 atom stereocenters. The van der Waals surface area contributed by atoms with Crippen molar-refractivity contribution >= 4 is 10.9 Å². The van der Waals surface area contributed by atoms with Gasteiger partial charge in [0, 0.05) is 11.7 Å². The minimum absolute atomic E-state index is 0.0833. The van der Waals surface area contributed by atoms with Gasteiger partial charge in [-0.2, -0.15) is 0 Å². The van der Waals surface area contributed by atoms with Crippen molar-refractivity contribution in [2.75, 3.05) is 0 Å². The summed E-state index contributed by atoms with van der Waals surface area (Å²) in [5, 5.41) is 9.44. The van der Waals surface area contributed by atoms with Gasteiger partial charge in [0.05, 0.1) is 6.10 Å². The maximum atomic E-state index is 8.17. The quantitative estimate of drug-likeness (QED) is 0.633. The highest BCUT2D eigenvalue weighted by atomic mass is 16.3. The largest absolute Gasteiger partial charge is 0.393 e. The summed E-state index contributed by atoms with van der Waals surface area (Å²) in [4.78, 5) is 3.12. The molecule has 0 radical (unpaired) electrons. The molecule has 1 aromatic carbocycles. The van der Waals surface area contributed by atoms with Gasteiger partial charge < -0.3 is 10.1 Å². The van der Waals surface area contributed by atoms with Crippen LogP contribution < -0.4 is 0 Å². The van der Waals surface area contributed by atoms with Crippen LogP contribution in [0.25, 0.3) is 10.9 Å². The minimum atomic E-state index is 0.0833. The third-order valence-electron chi connectivity index (χ3n) is 2.01. The molecule has 0 aliphatic heterocycles. The van der Waals surface area contributed by atoms with Gasteiger partial charge in [-0.15, -0.1) is 0 Å². The van der Waals surface area contributed by atoms with E-state index in [9.17, 15) is 0 Å². The highest BCUT2D eigenvalue weighted by Gasteiger charge is 2.15. The van der Waals surface area contributed by atoms with Crippen LogP contribution in [-0.2, 0) is 0 Å². The molecular weight excluding hydrogens is 162 g/mol. The summed E-state index contributed by atoms with van der Waals surface area (Å²) in [7, 11) is 0. The maximum absolute atomic E-state index is 8.17. The van der Waals surface area contributed by atoms with E-state index in [0.29, 0.717) is 0 Å². The van der Waals surface area contributed by atoms with Crippen molar-refractivity contribution in [3.8, 4) is 0 Å². The van der Waals surface area contributed by atoms with Crippen molar-refractivity contribution in [3.05, 3.63) is 36.5 Å². The Kier molecular flexibility index (Phi) is 2.32. The van der Waals surface area contributed by atoms with Crippen molar-refractivity contribution in [1.29, 1.82) is 0 Å². The van der Waals surface area contributed by atoms with Crippen LogP contribution in [-0.4, -0.2) is 16.2 Å². The Balaban J connectivity index is 0.000000137. The predicted molar refractivity (Wildman–Crippen MR) is 53.5 cm³/mol. The number of para-hydroxylation sites is 1. The first-order chi connectivity index (χ1) is 6.36. The van der Waals surface area contributed by atoms with Crippen molar-refractivity contribution in [3.63, 3.8) is 0 Å².